The van der Waals surface area contributed by atoms with Crippen molar-refractivity contribution in [2.24, 2.45) is 11.3 Å². The first kappa shape index (κ1) is 29.2. The number of fused-ring (bicyclic) bond motifs is 2. The average molecular weight is 541 g/mol. The van der Waals surface area contributed by atoms with Crippen LogP contribution in [0.25, 0.3) is 12.2 Å². The highest BCUT2D eigenvalue weighted by molar-refractivity contribution is 5.74. The molecule has 0 amide bonds. The summed E-state index contributed by atoms with van der Waals surface area (Å²) in [4.78, 5) is 0. The van der Waals surface area contributed by atoms with Crippen LogP contribution in [0.3, 0.4) is 0 Å². The first-order valence-electron chi connectivity index (χ1n) is 13.8. The van der Waals surface area contributed by atoms with Gasteiger partial charge in [-0.25, -0.2) is 0 Å². The molecule has 3 atom stereocenters. The predicted octanol–water partition coefficient (Wildman–Crippen LogP) is 6.59. The minimum atomic E-state index is -0.429. The Morgan fingerprint density at radius 2 is 1.62 bits per heavy atom. The minimum Gasteiger partial charge on any atom is -0.504 e. The monoisotopic (exact) mass is 540 g/mol. The van der Waals surface area contributed by atoms with Crippen molar-refractivity contribution in [2.45, 2.75) is 72.0 Å². The van der Waals surface area contributed by atoms with Crippen molar-refractivity contribution < 1.29 is 24.4 Å². The van der Waals surface area contributed by atoms with E-state index in [9.17, 15) is 10.2 Å². The van der Waals surface area contributed by atoms with Gasteiger partial charge in [0.25, 0.3) is 0 Å². The molecule has 1 heterocycles. The molecule has 0 aromatic heterocycles. The van der Waals surface area contributed by atoms with E-state index in [0.29, 0.717) is 30.1 Å². The second-order valence-electron chi connectivity index (χ2n) is 11.9. The van der Waals surface area contributed by atoms with Crippen molar-refractivity contribution in [3.05, 3.63) is 58.2 Å². The van der Waals surface area contributed by atoms with Crippen LogP contribution in [0.15, 0.2) is 35.9 Å². The first-order valence-corrected chi connectivity index (χ1v) is 13.8. The van der Waals surface area contributed by atoms with Crippen LogP contribution in [0, 0.1) is 36.0 Å². The van der Waals surface area contributed by atoms with Crippen molar-refractivity contribution in [2.75, 3.05) is 13.2 Å². The fourth-order valence-corrected chi connectivity index (χ4v) is 6.04. The van der Waals surface area contributed by atoms with Gasteiger partial charge in [0.15, 0.2) is 11.5 Å². The van der Waals surface area contributed by atoms with Gasteiger partial charge in [-0.2, -0.15) is 0 Å². The number of phenols is 1. The molecule has 5 heteroatoms. The van der Waals surface area contributed by atoms with Crippen LogP contribution in [-0.4, -0.2) is 35.1 Å². The molecule has 1 saturated carbocycles. The predicted molar refractivity (Wildman–Crippen MR) is 161 cm³/mol. The van der Waals surface area contributed by atoms with Gasteiger partial charge in [0, 0.05) is 11.5 Å². The van der Waals surface area contributed by atoms with E-state index < -0.39 is 5.60 Å². The van der Waals surface area contributed by atoms with E-state index in [2.05, 4.69) is 44.8 Å². The number of allylic oxidation sites excluding steroid dienone is 2. The van der Waals surface area contributed by atoms with Gasteiger partial charge in [-0.1, -0.05) is 49.5 Å². The molecule has 2 N–H and O–H groups in total. The molecule has 4 rings (SSSR count). The quantitative estimate of drug-likeness (QED) is 0.225. The zero-order valence-corrected chi connectivity index (χ0v) is 24.2. The molecule has 210 valence electrons. The number of aliphatic hydroxyl groups excluding tert-OH is 1. The number of rotatable bonds is 8. The molecule has 0 saturated heterocycles. The molecule has 2 aromatic carbocycles. The molecular weight excluding hydrogens is 500 g/mol. The Morgan fingerprint density at radius 1 is 1.02 bits per heavy atom. The Labute approximate surface area is 238 Å². The van der Waals surface area contributed by atoms with Crippen molar-refractivity contribution in [1.82, 2.24) is 0 Å². The smallest absolute Gasteiger partial charge is 0.164 e. The Balaban J connectivity index is 1.69. The number of phenolic OH excluding ortho intramolecular Hbond substituents is 1. The standard InChI is InChI=1S/C35H40O5/c1-8-16-38-29-20-25(21-30(39-17-9-2)27(29)13-10-23(3)4)12-11-24-18-26-22-31-34(5,6)32(37)14-15-35(31,7)40-33(26)28(36)19-24/h1-2,10-12,18-21,31-32,36-37H,13-17,22H2,3-7H3/b12-11+/t31-,32-,35-/m1/s1. The van der Waals surface area contributed by atoms with Crippen LogP contribution < -0.4 is 14.2 Å². The molecule has 1 fully saturated rings. The van der Waals surface area contributed by atoms with Crippen LogP contribution in [0.5, 0.6) is 23.0 Å². The van der Waals surface area contributed by atoms with Crippen LogP contribution in [0.2, 0.25) is 0 Å². The van der Waals surface area contributed by atoms with E-state index >= 15 is 0 Å². The molecule has 5 nitrogen and oxygen atoms in total. The summed E-state index contributed by atoms with van der Waals surface area (Å²) < 4.78 is 18.3. The van der Waals surface area contributed by atoms with Gasteiger partial charge in [-0.15, -0.1) is 12.8 Å². The summed E-state index contributed by atoms with van der Waals surface area (Å²) in [5.41, 5.74) is 3.95. The van der Waals surface area contributed by atoms with Gasteiger partial charge in [0.2, 0.25) is 0 Å². The summed E-state index contributed by atoms with van der Waals surface area (Å²) in [5.74, 6) is 7.13. The molecule has 40 heavy (non-hydrogen) atoms. The fourth-order valence-electron chi connectivity index (χ4n) is 6.04. The highest BCUT2D eigenvalue weighted by Crippen LogP contribution is 2.54. The lowest BCUT2D eigenvalue weighted by molar-refractivity contribution is -0.138. The molecule has 2 aromatic rings. The molecule has 2 aliphatic rings. The Bertz CT molecular complexity index is 1360. The largest absolute Gasteiger partial charge is 0.504 e. The summed E-state index contributed by atoms with van der Waals surface area (Å²) in [5, 5.41) is 21.7. The number of aromatic hydroxyl groups is 1. The molecule has 0 bridgehead atoms. The van der Waals surface area contributed by atoms with Crippen LogP contribution >= 0.6 is 0 Å². The second-order valence-corrected chi connectivity index (χ2v) is 11.9. The summed E-state index contributed by atoms with van der Waals surface area (Å²) >= 11 is 0. The van der Waals surface area contributed by atoms with Gasteiger partial charge in [0.1, 0.15) is 30.3 Å². The molecule has 1 aliphatic carbocycles. The van der Waals surface area contributed by atoms with E-state index in [1.165, 1.54) is 5.57 Å². The Hall–Kier alpha value is -3.80. The molecule has 0 radical (unpaired) electrons. The lowest BCUT2D eigenvalue weighted by Crippen LogP contribution is -2.58. The summed E-state index contributed by atoms with van der Waals surface area (Å²) in [7, 11) is 0. The van der Waals surface area contributed by atoms with Crippen molar-refractivity contribution in [3.63, 3.8) is 0 Å². The summed E-state index contributed by atoms with van der Waals surface area (Å²) in [6.07, 6.45) is 19.3. The van der Waals surface area contributed by atoms with Crippen molar-refractivity contribution in [3.8, 4) is 47.7 Å². The average Bonchev–Trinajstić information content (AvgIpc) is 2.91. The number of hydrogen-bond donors (Lipinski definition) is 2. The van der Waals surface area contributed by atoms with E-state index in [4.69, 9.17) is 27.1 Å². The number of terminal acetylenes is 2. The third-order valence-corrected chi connectivity index (χ3v) is 8.33. The van der Waals surface area contributed by atoms with Crippen LogP contribution in [0.1, 0.15) is 69.7 Å². The van der Waals surface area contributed by atoms with Crippen LogP contribution in [-0.2, 0) is 12.8 Å². The maximum absolute atomic E-state index is 11.0. The van der Waals surface area contributed by atoms with E-state index in [1.807, 2.05) is 38.1 Å². The topological polar surface area (TPSA) is 68.2 Å². The van der Waals surface area contributed by atoms with Crippen molar-refractivity contribution >= 4 is 12.2 Å². The zero-order valence-electron chi connectivity index (χ0n) is 24.2. The highest BCUT2D eigenvalue weighted by Gasteiger charge is 2.54. The van der Waals surface area contributed by atoms with E-state index in [0.717, 1.165) is 35.1 Å². The molecule has 0 unspecified atom stereocenters. The normalized spacial score (nSPS) is 22.7. The first-order chi connectivity index (χ1) is 19.0. The second kappa shape index (κ2) is 11.7. The summed E-state index contributed by atoms with van der Waals surface area (Å²) in [6.45, 7) is 10.7. The van der Waals surface area contributed by atoms with Gasteiger partial charge in [-0.05, 0) is 92.8 Å². The van der Waals surface area contributed by atoms with Crippen molar-refractivity contribution in [1.29, 1.82) is 0 Å². The number of aliphatic hydroxyl groups is 1. The lowest BCUT2D eigenvalue weighted by Gasteiger charge is -2.55. The number of hydrogen-bond acceptors (Lipinski definition) is 5. The Kier molecular flexibility index (Phi) is 8.57. The fraction of sp³-hybridized carbons (Fsp3) is 0.429. The Morgan fingerprint density at radius 3 is 2.20 bits per heavy atom. The van der Waals surface area contributed by atoms with Crippen LogP contribution in [0.4, 0.5) is 0 Å². The summed E-state index contributed by atoms with van der Waals surface area (Å²) in [6, 6.07) is 7.64. The molecule has 1 aliphatic heterocycles. The molecule has 0 spiro atoms. The number of ether oxygens (including phenoxy) is 3. The SMILES string of the molecule is C#CCOc1cc(/C=C/c2cc(O)c3c(c2)C[C@@H]2C(C)(C)[C@H](O)CC[C@@]2(C)O3)cc(OCC#C)c1CC=C(C)C. The van der Waals surface area contributed by atoms with Gasteiger partial charge in [-0.3, -0.25) is 0 Å². The maximum Gasteiger partial charge on any atom is 0.164 e. The van der Waals surface area contributed by atoms with Gasteiger partial charge < -0.3 is 24.4 Å². The minimum absolute atomic E-state index is 0.119. The van der Waals surface area contributed by atoms with Gasteiger partial charge in [0.05, 0.1) is 6.10 Å². The number of benzene rings is 2. The lowest BCUT2D eigenvalue weighted by atomic mass is 9.57. The zero-order chi connectivity index (χ0) is 29.1. The van der Waals surface area contributed by atoms with E-state index in [1.54, 1.807) is 6.07 Å². The maximum atomic E-state index is 11.0. The van der Waals surface area contributed by atoms with E-state index in [-0.39, 0.29) is 36.4 Å². The highest BCUT2D eigenvalue weighted by atomic mass is 16.5. The third kappa shape index (κ3) is 6.01. The van der Waals surface area contributed by atoms with Gasteiger partial charge >= 0.3 is 0 Å². The molecular formula is C35H40O5. The third-order valence-electron chi connectivity index (χ3n) is 8.33.